The number of morpholine rings is 1. The van der Waals surface area contributed by atoms with Crippen molar-refractivity contribution in [2.75, 3.05) is 46.0 Å². The Hall–Kier alpha value is -2.75. The molecule has 0 bridgehead atoms. The van der Waals surface area contributed by atoms with Crippen molar-refractivity contribution in [3.63, 3.8) is 0 Å². The van der Waals surface area contributed by atoms with Gasteiger partial charge >= 0.3 is 0 Å². The highest BCUT2D eigenvalue weighted by atomic mass is 32.1. The van der Waals surface area contributed by atoms with E-state index in [1.807, 2.05) is 31.2 Å². The Kier molecular flexibility index (Phi) is 9.93. The van der Waals surface area contributed by atoms with E-state index in [0.29, 0.717) is 36.9 Å². The minimum Gasteiger partial charge on any atom is -0.503 e. The summed E-state index contributed by atoms with van der Waals surface area (Å²) in [7, 11) is 0. The van der Waals surface area contributed by atoms with Crippen LogP contribution in [-0.4, -0.2) is 77.6 Å². The lowest BCUT2D eigenvalue weighted by Gasteiger charge is -2.30. The van der Waals surface area contributed by atoms with E-state index >= 15 is 0 Å². The van der Waals surface area contributed by atoms with Gasteiger partial charge in [-0.2, -0.15) is 0 Å². The molecule has 1 unspecified atom stereocenters. The Bertz CT molecular complexity index is 1140. The number of carbonyl (C=O) groups excluding carboxylic acids is 2. The van der Waals surface area contributed by atoms with Crippen molar-refractivity contribution in [2.24, 2.45) is 0 Å². The van der Waals surface area contributed by atoms with Crippen LogP contribution in [0.4, 0.5) is 0 Å². The number of carbonyl (C=O) groups is 2. The number of hydrogen-bond donors (Lipinski definition) is 1. The molecule has 2 aliphatic rings. The van der Waals surface area contributed by atoms with Crippen LogP contribution in [0, 0.1) is 13.8 Å². The number of nitrogens with zero attached hydrogens (tertiary/aromatic N) is 3. The summed E-state index contributed by atoms with van der Waals surface area (Å²) >= 11 is 1.29. The molecule has 0 radical (unpaired) electrons. The fourth-order valence-electron chi connectivity index (χ4n) is 5.08. The van der Waals surface area contributed by atoms with Gasteiger partial charge in [0, 0.05) is 26.2 Å². The second-order valence-corrected chi connectivity index (χ2v) is 11.1. The molecular weight excluding hydrogens is 502 g/mol. The zero-order chi connectivity index (χ0) is 27.1. The van der Waals surface area contributed by atoms with Crippen LogP contribution in [0.15, 0.2) is 35.6 Å². The van der Waals surface area contributed by atoms with E-state index < -0.39 is 17.7 Å². The fraction of sp³-hybridized carbons (Fsp3) is 0.552. The lowest BCUT2D eigenvalue weighted by atomic mass is 9.95. The molecule has 8 nitrogen and oxygen atoms in total. The van der Waals surface area contributed by atoms with E-state index in [1.54, 1.807) is 11.8 Å². The number of aliphatic hydroxyl groups is 1. The molecule has 0 aliphatic carbocycles. The normalized spacial score (nSPS) is 18.4. The summed E-state index contributed by atoms with van der Waals surface area (Å²) in [6, 6.07) is 6.88. The molecule has 1 atom stereocenters. The van der Waals surface area contributed by atoms with Crippen LogP contribution in [0.25, 0.3) is 0 Å². The fourth-order valence-corrected chi connectivity index (χ4v) is 5.96. The van der Waals surface area contributed by atoms with E-state index in [4.69, 9.17) is 9.47 Å². The maximum atomic E-state index is 13.7. The monoisotopic (exact) mass is 541 g/mol. The highest BCUT2D eigenvalue weighted by Gasteiger charge is 2.44. The highest BCUT2D eigenvalue weighted by molar-refractivity contribution is 7.14. The standard InChI is InChI=1S/C29H39N3O5S/c1-4-5-6-7-17-37-23-11-9-22(10-12-23)25-24(26(33)28-20(2)30-21(3)38-28)27(34)29(35)32(25)14-8-13-31-15-18-36-19-16-31/h9-12,25,34H,4-8,13-19H2,1-3H3. The molecule has 1 amide bonds. The van der Waals surface area contributed by atoms with Gasteiger partial charge in [-0.25, -0.2) is 4.98 Å². The molecule has 1 N–H and O–H groups in total. The van der Waals surface area contributed by atoms with E-state index in [2.05, 4.69) is 16.8 Å². The van der Waals surface area contributed by atoms with Crippen molar-refractivity contribution < 1.29 is 24.2 Å². The molecular formula is C29H39N3O5S. The minimum absolute atomic E-state index is 0.126. The van der Waals surface area contributed by atoms with Crippen LogP contribution < -0.4 is 4.74 Å². The molecule has 1 fully saturated rings. The summed E-state index contributed by atoms with van der Waals surface area (Å²) in [5, 5.41) is 11.8. The first kappa shape index (κ1) is 28.3. The summed E-state index contributed by atoms with van der Waals surface area (Å²) in [4.78, 5) is 35.8. The Morgan fingerprint density at radius 2 is 1.84 bits per heavy atom. The van der Waals surface area contributed by atoms with Gasteiger partial charge < -0.3 is 19.5 Å². The first-order valence-electron chi connectivity index (χ1n) is 13.7. The number of Topliss-reactive ketones (excluding diaryl/α,β-unsaturated/α-hetero) is 1. The van der Waals surface area contributed by atoms with Crippen molar-refractivity contribution in [3.8, 4) is 5.75 Å². The summed E-state index contributed by atoms with van der Waals surface area (Å²) < 4.78 is 11.3. The first-order valence-corrected chi connectivity index (χ1v) is 14.5. The van der Waals surface area contributed by atoms with E-state index in [0.717, 1.165) is 55.2 Å². The molecule has 4 rings (SSSR count). The lowest BCUT2D eigenvalue weighted by Crippen LogP contribution is -2.39. The van der Waals surface area contributed by atoms with Crippen molar-refractivity contribution in [1.29, 1.82) is 0 Å². The molecule has 1 aromatic heterocycles. The molecule has 2 aromatic rings. The van der Waals surface area contributed by atoms with Gasteiger partial charge in [-0.1, -0.05) is 38.3 Å². The Labute approximate surface area is 229 Å². The number of aromatic nitrogens is 1. The number of ketones is 1. The molecule has 1 aromatic carbocycles. The second-order valence-electron chi connectivity index (χ2n) is 9.93. The van der Waals surface area contributed by atoms with Crippen LogP contribution in [0.5, 0.6) is 5.75 Å². The third-order valence-corrected chi connectivity index (χ3v) is 8.17. The third-order valence-electron chi connectivity index (χ3n) is 7.10. The maximum Gasteiger partial charge on any atom is 0.290 e. The molecule has 206 valence electrons. The lowest BCUT2D eigenvalue weighted by molar-refractivity contribution is -0.129. The van der Waals surface area contributed by atoms with Crippen LogP contribution in [0.1, 0.15) is 71.0 Å². The predicted octanol–water partition coefficient (Wildman–Crippen LogP) is 5.02. The topological polar surface area (TPSA) is 92.2 Å². The smallest absolute Gasteiger partial charge is 0.290 e. The average molecular weight is 542 g/mol. The number of thiazole rings is 1. The number of ether oxygens (including phenoxy) is 2. The second kappa shape index (κ2) is 13.4. The van der Waals surface area contributed by atoms with Gasteiger partial charge in [0.05, 0.1) is 47.0 Å². The summed E-state index contributed by atoms with van der Waals surface area (Å²) in [5.74, 6) is -0.553. The number of aryl methyl sites for hydroxylation is 2. The Balaban J connectivity index is 1.55. The molecule has 1 saturated heterocycles. The first-order chi connectivity index (χ1) is 18.4. The average Bonchev–Trinajstić information content (AvgIpc) is 3.39. The number of unbranched alkanes of at least 4 members (excludes halogenated alkanes) is 3. The van der Waals surface area contributed by atoms with Gasteiger partial charge in [0.15, 0.2) is 5.76 Å². The molecule has 2 aliphatic heterocycles. The number of hydrogen-bond acceptors (Lipinski definition) is 8. The van der Waals surface area contributed by atoms with Crippen molar-refractivity contribution >= 4 is 23.0 Å². The number of rotatable bonds is 13. The van der Waals surface area contributed by atoms with Crippen molar-refractivity contribution in [1.82, 2.24) is 14.8 Å². The third kappa shape index (κ3) is 6.62. The zero-order valence-electron chi connectivity index (χ0n) is 22.7. The minimum atomic E-state index is -0.667. The van der Waals surface area contributed by atoms with Gasteiger partial charge in [0.1, 0.15) is 5.75 Å². The quantitative estimate of drug-likeness (QED) is 0.281. The number of benzene rings is 1. The highest BCUT2D eigenvalue weighted by Crippen LogP contribution is 2.40. The van der Waals surface area contributed by atoms with Crippen LogP contribution >= 0.6 is 11.3 Å². The number of aliphatic hydroxyl groups excluding tert-OH is 1. The van der Waals surface area contributed by atoms with E-state index in [-0.39, 0.29) is 11.4 Å². The largest absolute Gasteiger partial charge is 0.503 e. The van der Waals surface area contributed by atoms with E-state index in [1.165, 1.54) is 24.2 Å². The van der Waals surface area contributed by atoms with Gasteiger partial charge in [-0.15, -0.1) is 11.3 Å². The molecule has 3 heterocycles. The van der Waals surface area contributed by atoms with Gasteiger partial charge in [-0.3, -0.25) is 14.5 Å². The molecule has 38 heavy (non-hydrogen) atoms. The Morgan fingerprint density at radius 1 is 1.11 bits per heavy atom. The van der Waals surface area contributed by atoms with Gasteiger partial charge in [-0.05, 0) is 44.4 Å². The van der Waals surface area contributed by atoms with Gasteiger partial charge in [0.25, 0.3) is 5.91 Å². The molecule has 9 heteroatoms. The zero-order valence-corrected chi connectivity index (χ0v) is 23.5. The van der Waals surface area contributed by atoms with Crippen LogP contribution in [0.3, 0.4) is 0 Å². The SMILES string of the molecule is CCCCCCOc1ccc(C2C(C(=O)c3sc(C)nc3C)=C(O)C(=O)N2CCCN2CCOCC2)cc1. The van der Waals surface area contributed by atoms with Crippen LogP contribution in [-0.2, 0) is 9.53 Å². The molecule has 0 saturated carbocycles. The predicted molar refractivity (Wildman–Crippen MR) is 148 cm³/mol. The van der Waals surface area contributed by atoms with Crippen molar-refractivity contribution in [3.05, 3.63) is 56.7 Å². The summed E-state index contributed by atoms with van der Waals surface area (Å²) in [6.45, 7) is 10.9. The number of amides is 1. The maximum absolute atomic E-state index is 13.7. The van der Waals surface area contributed by atoms with Crippen LogP contribution in [0.2, 0.25) is 0 Å². The van der Waals surface area contributed by atoms with Gasteiger partial charge in [0.2, 0.25) is 5.78 Å². The van der Waals surface area contributed by atoms with Crippen molar-refractivity contribution in [2.45, 2.75) is 58.9 Å². The molecule has 0 spiro atoms. The summed E-state index contributed by atoms with van der Waals surface area (Å²) in [6.07, 6.45) is 5.26. The van der Waals surface area contributed by atoms with E-state index in [9.17, 15) is 14.7 Å². The Morgan fingerprint density at radius 3 is 2.50 bits per heavy atom. The summed E-state index contributed by atoms with van der Waals surface area (Å²) in [5.41, 5.74) is 1.51.